The molecule has 5 rings (SSSR count). The first-order valence-corrected chi connectivity index (χ1v) is 15.3. The third-order valence-corrected chi connectivity index (χ3v) is 11.4. The summed E-state index contributed by atoms with van der Waals surface area (Å²) < 4.78 is 34.9. The molecule has 2 aromatic rings. The van der Waals surface area contributed by atoms with Crippen molar-refractivity contribution in [2.45, 2.75) is 82.0 Å². The lowest BCUT2D eigenvalue weighted by molar-refractivity contribution is -0.0635. The molecule has 3 atom stereocenters. The average Bonchev–Trinajstić information content (AvgIpc) is 2.87. The zero-order valence-corrected chi connectivity index (χ0v) is 23.0. The Morgan fingerprint density at radius 1 is 0.917 bits per heavy atom. The van der Waals surface area contributed by atoms with Crippen molar-refractivity contribution >= 4 is 10.0 Å². The number of methoxy groups -OCH3 is 1. The monoisotopic (exact) mass is 510 g/mol. The van der Waals surface area contributed by atoms with E-state index in [4.69, 9.17) is 4.74 Å². The first-order valence-electron chi connectivity index (χ1n) is 13.8. The Kier molecular flexibility index (Phi) is 7.87. The summed E-state index contributed by atoms with van der Waals surface area (Å²) in [4.78, 5) is 2.52. The van der Waals surface area contributed by atoms with Crippen LogP contribution in [-0.4, -0.2) is 68.3 Å². The zero-order valence-electron chi connectivity index (χ0n) is 22.2. The molecule has 2 aromatic carbocycles. The first-order chi connectivity index (χ1) is 17.4. The Balaban J connectivity index is 1.41. The summed E-state index contributed by atoms with van der Waals surface area (Å²) in [6.07, 6.45) is 6.86. The Hall–Kier alpha value is -1.73. The van der Waals surface area contributed by atoms with E-state index in [-0.39, 0.29) is 17.2 Å². The third-order valence-electron chi connectivity index (χ3n) is 9.03. The molecule has 6 heteroatoms. The Morgan fingerprint density at radius 3 is 2.36 bits per heavy atom. The quantitative estimate of drug-likeness (QED) is 0.514. The molecule has 2 heterocycles. The smallest absolute Gasteiger partial charge is 0.217 e. The zero-order chi connectivity index (χ0) is 25.3. The molecule has 1 aliphatic carbocycles. The molecule has 0 spiro atoms. The Morgan fingerprint density at radius 2 is 1.64 bits per heavy atom. The number of ether oxygens (including phenoxy) is 1. The maximum atomic E-state index is 13.7. The highest BCUT2D eigenvalue weighted by Crippen LogP contribution is 2.43. The minimum Gasteiger partial charge on any atom is -0.383 e. The lowest BCUT2D eigenvalue weighted by Gasteiger charge is -2.57. The van der Waals surface area contributed by atoms with Gasteiger partial charge in [0.1, 0.15) is 0 Å². The summed E-state index contributed by atoms with van der Waals surface area (Å²) in [6.45, 7) is 7.31. The van der Waals surface area contributed by atoms with Crippen molar-refractivity contribution in [2.75, 3.05) is 33.4 Å². The van der Waals surface area contributed by atoms with Crippen LogP contribution in [0.15, 0.2) is 42.5 Å². The number of rotatable bonds is 6. The van der Waals surface area contributed by atoms with Crippen molar-refractivity contribution in [1.29, 1.82) is 0 Å². The number of hydrogen-bond acceptors (Lipinski definition) is 4. The summed E-state index contributed by atoms with van der Waals surface area (Å²) in [7, 11) is -1.48. The second-order valence-electron chi connectivity index (χ2n) is 11.1. The van der Waals surface area contributed by atoms with Crippen molar-refractivity contribution < 1.29 is 13.2 Å². The summed E-state index contributed by atoms with van der Waals surface area (Å²) in [5.41, 5.74) is 6.43. The van der Waals surface area contributed by atoms with Crippen molar-refractivity contribution in [1.82, 2.24) is 9.21 Å². The molecule has 36 heavy (non-hydrogen) atoms. The normalized spacial score (nSPS) is 26.6. The van der Waals surface area contributed by atoms with Crippen LogP contribution in [0.2, 0.25) is 0 Å². The molecule has 0 N–H and O–H groups in total. The van der Waals surface area contributed by atoms with Gasteiger partial charge in [-0.15, -0.1) is 0 Å². The number of nitrogens with zero attached hydrogens (tertiary/aromatic N) is 2. The van der Waals surface area contributed by atoms with E-state index in [1.807, 2.05) is 4.31 Å². The fraction of sp³-hybridized carbons (Fsp3) is 0.600. The average molecular weight is 511 g/mol. The summed E-state index contributed by atoms with van der Waals surface area (Å²) in [5.74, 6) is 0.278. The van der Waals surface area contributed by atoms with E-state index in [1.165, 1.54) is 34.2 Å². The first kappa shape index (κ1) is 25.9. The van der Waals surface area contributed by atoms with Gasteiger partial charge in [0.05, 0.1) is 11.9 Å². The predicted octanol–water partition coefficient (Wildman–Crippen LogP) is 5.51. The van der Waals surface area contributed by atoms with Gasteiger partial charge in [-0.3, -0.25) is 4.90 Å². The lowest BCUT2D eigenvalue weighted by Crippen LogP contribution is -2.68. The largest absolute Gasteiger partial charge is 0.383 e. The topological polar surface area (TPSA) is 49.9 Å². The number of sulfonamides is 1. The Labute approximate surface area is 217 Å². The van der Waals surface area contributed by atoms with Crippen LogP contribution in [0, 0.1) is 13.8 Å². The second-order valence-corrected chi connectivity index (χ2v) is 13.3. The van der Waals surface area contributed by atoms with Crippen LogP contribution in [0.4, 0.5) is 0 Å². The van der Waals surface area contributed by atoms with Crippen LogP contribution >= 0.6 is 0 Å². The van der Waals surface area contributed by atoms with E-state index in [0.29, 0.717) is 25.7 Å². The van der Waals surface area contributed by atoms with Crippen LogP contribution in [0.3, 0.4) is 0 Å². The van der Waals surface area contributed by atoms with Crippen molar-refractivity contribution in [3.8, 4) is 11.1 Å². The maximum absolute atomic E-state index is 13.7. The minimum absolute atomic E-state index is 0.190. The highest BCUT2D eigenvalue weighted by atomic mass is 32.2. The fourth-order valence-corrected chi connectivity index (χ4v) is 8.91. The van der Waals surface area contributed by atoms with Gasteiger partial charge >= 0.3 is 0 Å². The molecule has 0 amide bonds. The van der Waals surface area contributed by atoms with Gasteiger partial charge in [-0.1, -0.05) is 61.7 Å². The highest BCUT2D eigenvalue weighted by Gasteiger charge is 2.51. The molecule has 2 aliphatic heterocycles. The van der Waals surface area contributed by atoms with Gasteiger partial charge in [0.15, 0.2) is 0 Å². The molecule has 2 saturated heterocycles. The number of hydrogen-bond donors (Lipinski definition) is 0. The fourth-order valence-electron chi connectivity index (χ4n) is 6.81. The predicted molar refractivity (Wildman–Crippen MR) is 147 cm³/mol. The molecule has 3 aliphatic rings. The number of aryl methyl sites for hydroxylation is 1. The maximum Gasteiger partial charge on any atom is 0.217 e. The molecule has 1 unspecified atom stereocenters. The molecular weight excluding hydrogens is 468 g/mol. The van der Waals surface area contributed by atoms with Gasteiger partial charge in [-0.05, 0) is 73.9 Å². The summed E-state index contributed by atoms with van der Waals surface area (Å²) in [6, 6.07) is 16.0. The number of benzene rings is 2. The molecular formula is C30H42N2O3S. The van der Waals surface area contributed by atoms with E-state index in [2.05, 4.69) is 61.2 Å². The minimum atomic E-state index is -3.26. The van der Waals surface area contributed by atoms with Gasteiger partial charge in [0, 0.05) is 38.2 Å². The van der Waals surface area contributed by atoms with Crippen LogP contribution in [0.25, 0.3) is 11.1 Å². The van der Waals surface area contributed by atoms with Gasteiger partial charge in [-0.2, -0.15) is 0 Å². The van der Waals surface area contributed by atoms with Gasteiger partial charge < -0.3 is 4.74 Å². The standard InChI is InChI=1S/C30H42N2O3S/c1-22-10-9-13-27(23(22)2)24-14-16-25(17-15-24)30-28-20-31(36(33,34)26-11-5-4-6-12-26)18-7-8-19-32(28)29(30)21-35-3/h9-10,13-17,26,28-30H,4-8,11-12,18-21H2,1-3H3/t28?,29-,30+/m1/s1. The molecule has 0 bridgehead atoms. The van der Waals surface area contributed by atoms with E-state index >= 15 is 0 Å². The van der Waals surface area contributed by atoms with E-state index in [1.54, 1.807) is 7.11 Å². The summed E-state index contributed by atoms with van der Waals surface area (Å²) in [5, 5.41) is -0.190. The van der Waals surface area contributed by atoms with Crippen LogP contribution in [0.5, 0.6) is 0 Å². The van der Waals surface area contributed by atoms with Gasteiger partial charge in [0.2, 0.25) is 10.0 Å². The van der Waals surface area contributed by atoms with Crippen molar-refractivity contribution in [2.24, 2.45) is 0 Å². The van der Waals surface area contributed by atoms with Gasteiger partial charge in [-0.25, -0.2) is 12.7 Å². The third kappa shape index (κ3) is 4.90. The SMILES string of the molecule is COC[C@@H]1[C@@H](c2ccc(-c3cccc(C)c3C)cc2)C2CN(S(=O)(=O)C3CCCCC3)CCCCN21. The molecule has 5 nitrogen and oxygen atoms in total. The molecule has 0 aromatic heterocycles. The van der Waals surface area contributed by atoms with Crippen LogP contribution in [-0.2, 0) is 14.8 Å². The van der Waals surface area contributed by atoms with E-state index in [0.717, 1.165) is 45.1 Å². The van der Waals surface area contributed by atoms with E-state index in [9.17, 15) is 8.42 Å². The summed E-state index contributed by atoms with van der Waals surface area (Å²) >= 11 is 0. The second kappa shape index (κ2) is 10.9. The molecule has 0 radical (unpaired) electrons. The van der Waals surface area contributed by atoms with Crippen molar-refractivity contribution in [3.63, 3.8) is 0 Å². The molecule has 1 saturated carbocycles. The van der Waals surface area contributed by atoms with Gasteiger partial charge in [0.25, 0.3) is 0 Å². The molecule has 3 fully saturated rings. The Bertz CT molecular complexity index is 1140. The van der Waals surface area contributed by atoms with E-state index < -0.39 is 10.0 Å². The van der Waals surface area contributed by atoms with Crippen LogP contribution < -0.4 is 0 Å². The van der Waals surface area contributed by atoms with Crippen LogP contribution in [0.1, 0.15) is 67.6 Å². The molecule has 196 valence electrons. The number of fused-ring (bicyclic) bond motifs is 1. The lowest BCUT2D eigenvalue weighted by atomic mass is 9.74. The van der Waals surface area contributed by atoms with Crippen molar-refractivity contribution in [3.05, 3.63) is 59.2 Å². The highest BCUT2D eigenvalue weighted by molar-refractivity contribution is 7.89.